The monoisotopic (exact) mass is 341 g/mol. The number of carbonyl (C=O) groups is 2. The van der Waals surface area contributed by atoms with Crippen LogP contribution in [0.2, 0.25) is 0 Å². The number of ether oxygens (including phenoxy) is 1. The minimum absolute atomic E-state index is 0.322. The Morgan fingerprint density at radius 2 is 1.48 bits per heavy atom. The van der Waals surface area contributed by atoms with Crippen LogP contribution < -0.4 is 16.2 Å². The van der Waals surface area contributed by atoms with Crippen LogP contribution in [0.1, 0.15) is 36.9 Å². The summed E-state index contributed by atoms with van der Waals surface area (Å²) in [6.07, 6.45) is 1.03. The van der Waals surface area contributed by atoms with E-state index in [0.717, 1.165) is 24.0 Å². The Labute approximate surface area is 147 Å². The van der Waals surface area contributed by atoms with E-state index >= 15 is 0 Å². The Bertz CT molecular complexity index is 623. The standard InChI is InChI=1S/C19H23N3O3/c1-2-3-14-25-19(24)22-21-18(23)20-17(15-10-6-4-7-11-15)16-12-8-5-9-13-16/h4-13,17H,2-3,14H2,1H3,(H,22,24)(H2,20,21,23). The molecule has 0 heterocycles. The van der Waals surface area contributed by atoms with Gasteiger partial charge in [0, 0.05) is 0 Å². The maximum atomic E-state index is 12.1. The lowest BCUT2D eigenvalue weighted by Gasteiger charge is -2.20. The fourth-order valence-electron chi connectivity index (χ4n) is 2.27. The third-order valence-corrected chi connectivity index (χ3v) is 3.55. The molecule has 0 unspecified atom stereocenters. The van der Waals surface area contributed by atoms with Crippen LogP contribution in [0, 0.1) is 0 Å². The van der Waals surface area contributed by atoms with Crippen molar-refractivity contribution in [1.29, 1.82) is 0 Å². The van der Waals surface area contributed by atoms with Crippen molar-refractivity contribution in [2.45, 2.75) is 25.8 Å². The van der Waals surface area contributed by atoms with Gasteiger partial charge < -0.3 is 10.1 Å². The predicted molar refractivity (Wildman–Crippen MR) is 95.8 cm³/mol. The fraction of sp³-hybridized carbons (Fsp3) is 0.263. The third kappa shape index (κ3) is 6.18. The number of benzene rings is 2. The molecule has 132 valence electrons. The maximum Gasteiger partial charge on any atom is 0.426 e. The van der Waals surface area contributed by atoms with Gasteiger partial charge in [-0.05, 0) is 17.5 Å². The van der Waals surface area contributed by atoms with Gasteiger partial charge in [0.2, 0.25) is 0 Å². The van der Waals surface area contributed by atoms with Crippen LogP contribution in [0.3, 0.4) is 0 Å². The SMILES string of the molecule is CCCCOC(=O)NNC(=O)NC(c1ccccc1)c1ccccc1. The van der Waals surface area contributed by atoms with E-state index in [9.17, 15) is 9.59 Å². The summed E-state index contributed by atoms with van der Waals surface area (Å²) in [5, 5.41) is 2.85. The average Bonchev–Trinajstić information content (AvgIpc) is 2.66. The van der Waals surface area contributed by atoms with Gasteiger partial charge in [0.15, 0.2) is 0 Å². The summed E-state index contributed by atoms with van der Waals surface area (Å²) in [6.45, 7) is 2.32. The lowest BCUT2D eigenvalue weighted by molar-refractivity contribution is 0.140. The molecule has 0 atom stereocenters. The van der Waals surface area contributed by atoms with Gasteiger partial charge in [-0.15, -0.1) is 0 Å². The highest BCUT2D eigenvalue weighted by Crippen LogP contribution is 2.21. The van der Waals surface area contributed by atoms with Crippen LogP contribution in [0.25, 0.3) is 0 Å². The van der Waals surface area contributed by atoms with E-state index in [4.69, 9.17) is 4.74 Å². The minimum Gasteiger partial charge on any atom is -0.448 e. The number of hydrogen-bond donors (Lipinski definition) is 3. The van der Waals surface area contributed by atoms with Crippen LogP contribution in [0.15, 0.2) is 60.7 Å². The molecule has 0 aromatic heterocycles. The Balaban J connectivity index is 1.95. The second-order valence-electron chi connectivity index (χ2n) is 5.47. The van der Waals surface area contributed by atoms with E-state index < -0.39 is 12.1 Å². The highest BCUT2D eigenvalue weighted by Gasteiger charge is 2.16. The number of rotatable bonds is 6. The molecule has 2 rings (SSSR count). The summed E-state index contributed by atoms with van der Waals surface area (Å²) in [7, 11) is 0. The van der Waals surface area contributed by atoms with Gasteiger partial charge in [-0.2, -0.15) is 0 Å². The second-order valence-corrected chi connectivity index (χ2v) is 5.47. The number of hydrogen-bond acceptors (Lipinski definition) is 3. The van der Waals surface area contributed by atoms with Crippen LogP contribution in [-0.2, 0) is 4.74 Å². The van der Waals surface area contributed by atoms with Crippen LogP contribution >= 0.6 is 0 Å². The molecule has 0 bridgehead atoms. The van der Waals surface area contributed by atoms with Crippen molar-refractivity contribution >= 4 is 12.1 Å². The molecule has 0 radical (unpaired) electrons. The first kappa shape index (κ1) is 18.3. The van der Waals surface area contributed by atoms with Gasteiger partial charge in [0.25, 0.3) is 0 Å². The maximum absolute atomic E-state index is 12.1. The van der Waals surface area contributed by atoms with Gasteiger partial charge in [-0.25, -0.2) is 20.4 Å². The summed E-state index contributed by atoms with van der Waals surface area (Å²) in [5.74, 6) is 0. The molecule has 2 aromatic carbocycles. The highest BCUT2D eigenvalue weighted by molar-refractivity contribution is 5.78. The van der Waals surface area contributed by atoms with Gasteiger partial charge in [0.1, 0.15) is 0 Å². The Hall–Kier alpha value is -3.02. The molecule has 0 spiro atoms. The third-order valence-electron chi connectivity index (χ3n) is 3.55. The van der Waals surface area contributed by atoms with E-state index in [1.54, 1.807) is 0 Å². The van der Waals surface area contributed by atoms with Crippen molar-refractivity contribution < 1.29 is 14.3 Å². The van der Waals surface area contributed by atoms with E-state index in [-0.39, 0.29) is 6.04 Å². The first-order valence-electron chi connectivity index (χ1n) is 8.30. The highest BCUT2D eigenvalue weighted by atomic mass is 16.6. The Kier molecular flexibility index (Phi) is 7.31. The molecule has 0 saturated carbocycles. The first-order valence-corrected chi connectivity index (χ1v) is 8.30. The zero-order valence-electron chi connectivity index (χ0n) is 14.2. The van der Waals surface area contributed by atoms with Crippen molar-refractivity contribution in [3.8, 4) is 0 Å². The predicted octanol–water partition coefficient (Wildman–Crippen LogP) is 3.52. The number of hydrazine groups is 1. The largest absolute Gasteiger partial charge is 0.448 e. The van der Waals surface area contributed by atoms with E-state index in [0.29, 0.717) is 6.61 Å². The summed E-state index contributed by atoms with van der Waals surface area (Å²) < 4.78 is 4.91. The lowest BCUT2D eigenvalue weighted by atomic mass is 9.99. The molecule has 3 N–H and O–H groups in total. The molecule has 6 nitrogen and oxygen atoms in total. The number of amides is 3. The fourth-order valence-corrected chi connectivity index (χ4v) is 2.27. The molecule has 0 saturated heterocycles. The number of nitrogens with one attached hydrogen (secondary N) is 3. The molecule has 0 fully saturated rings. The Morgan fingerprint density at radius 3 is 2.00 bits per heavy atom. The smallest absolute Gasteiger partial charge is 0.426 e. The van der Waals surface area contributed by atoms with Gasteiger partial charge >= 0.3 is 12.1 Å². The van der Waals surface area contributed by atoms with Crippen LogP contribution in [-0.4, -0.2) is 18.7 Å². The minimum atomic E-state index is -0.681. The van der Waals surface area contributed by atoms with Crippen molar-refractivity contribution in [2.24, 2.45) is 0 Å². The average molecular weight is 341 g/mol. The topological polar surface area (TPSA) is 79.5 Å². The molecule has 0 aliphatic carbocycles. The number of urea groups is 1. The molecular formula is C19H23N3O3. The van der Waals surface area contributed by atoms with Gasteiger partial charge in [-0.1, -0.05) is 74.0 Å². The molecule has 25 heavy (non-hydrogen) atoms. The van der Waals surface area contributed by atoms with Crippen molar-refractivity contribution in [3.05, 3.63) is 71.8 Å². The summed E-state index contributed by atoms with van der Waals surface area (Å²) in [5.41, 5.74) is 6.41. The second kappa shape index (κ2) is 9.97. The number of carbonyl (C=O) groups excluding carboxylic acids is 2. The molecule has 0 aliphatic rings. The van der Waals surface area contributed by atoms with E-state index in [2.05, 4.69) is 16.2 Å². The Morgan fingerprint density at radius 1 is 0.920 bits per heavy atom. The summed E-state index contributed by atoms with van der Waals surface area (Å²) in [4.78, 5) is 23.6. The van der Waals surface area contributed by atoms with Crippen LogP contribution in [0.4, 0.5) is 9.59 Å². The van der Waals surface area contributed by atoms with E-state index in [1.165, 1.54) is 0 Å². The molecule has 2 aromatic rings. The summed E-state index contributed by atoms with van der Waals surface area (Å²) >= 11 is 0. The zero-order valence-corrected chi connectivity index (χ0v) is 14.2. The van der Waals surface area contributed by atoms with E-state index in [1.807, 2.05) is 67.6 Å². The van der Waals surface area contributed by atoms with Gasteiger partial charge in [-0.3, -0.25) is 0 Å². The van der Waals surface area contributed by atoms with Crippen molar-refractivity contribution in [3.63, 3.8) is 0 Å². The normalized spacial score (nSPS) is 10.2. The molecule has 6 heteroatoms. The van der Waals surface area contributed by atoms with Gasteiger partial charge in [0.05, 0.1) is 12.6 Å². The van der Waals surface area contributed by atoms with Crippen LogP contribution in [0.5, 0.6) is 0 Å². The molecular weight excluding hydrogens is 318 g/mol. The first-order chi connectivity index (χ1) is 12.2. The molecule has 3 amide bonds. The molecule has 0 aliphatic heterocycles. The quantitative estimate of drug-likeness (QED) is 0.555. The van der Waals surface area contributed by atoms with Crippen molar-refractivity contribution in [2.75, 3.05) is 6.61 Å². The summed E-state index contributed by atoms with van der Waals surface area (Å²) in [6, 6.07) is 18.4. The number of unbranched alkanes of at least 4 members (excludes halogenated alkanes) is 1. The lowest BCUT2D eigenvalue weighted by Crippen LogP contribution is -2.48. The van der Waals surface area contributed by atoms with Crippen molar-refractivity contribution in [1.82, 2.24) is 16.2 Å². The zero-order chi connectivity index (χ0) is 17.9.